The summed E-state index contributed by atoms with van der Waals surface area (Å²) in [7, 11) is 0. The van der Waals surface area contributed by atoms with E-state index in [0.29, 0.717) is 24.3 Å². The van der Waals surface area contributed by atoms with Gasteiger partial charge in [0.2, 0.25) is 0 Å². The van der Waals surface area contributed by atoms with E-state index in [2.05, 4.69) is 11.2 Å². The minimum absolute atomic E-state index is 0.182. The number of aliphatic hydroxyl groups is 1. The molecule has 0 radical (unpaired) electrons. The first-order chi connectivity index (χ1) is 9.14. The number of terminal acetylenes is 1. The van der Waals surface area contributed by atoms with Crippen LogP contribution in [0.2, 0.25) is 0 Å². The molecular formula is C15H17NO3. The second-order valence-corrected chi connectivity index (χ2v) is 4.71. The summed E-state index contributed by atoms with van der Waals surface area (Å²) in [5, 5.41) is 12.9. The molecule has 1 aliphatic rings. The van der Waals surface area contributed by atoms with Crippen molar-refractivity contribution in [2.75, 3.05) is 11.9 Å². The minimum atomic E-state index is -1.23. The fraction of sp³-hybridized carbons (Fsp3) is 0.400. The summed E-state index contributed by atoms with van der Waals surface area (Å²) in [4.78, 5) is 12.0. The number of amides is 1. The Bertz CT molecular complexity index is 498. The van der Waals surface area contributed by atoms with Crippen molar-refractivity contribution < 1.29 is 14.6 Å². The lowest BCUT2D eigenvalue weighted by atomic mass is 10.0. The summed E-state index contributed by atoms with van der Waals surface area (Å²) in [6.07, 6.45) is 7.93. The largest absolute Gasteiger partial charge is 0.481 e. The Labute approximate surface area is 112 Å². The first kappa shape index (κ1) is 13.4. The van der Waals surface area contributed by atoms with Crippen molar-refractivity contribution in [2.45, 2.75) is 31.3 Å². The predicted molar refractivity (Wildman–Crippen MR) is 72.8 cm³/mol. The van der Waals surface area contributed by atoms with Crippen LogP contribution in [0.15, 0.2) is 24.3 Å². The maximum Gasteiger partial charge on any atom is 0.256 e. The molecule has 1 fully saturated rings. The molecule has 0 unspecified atom stereocenters. The van der Waals surface area contributed by atoms with Crippen molar-refractivity contribution in [1.82, 2.24) is 0 Å². The van der Waals surface area contributed by atoms with Crippen LogP contribution in [0.4, 0.5) is 5.69 Å². The molecule has 1 aliphatic carbocycles. The van der Waals surface area contributed by atoms with Gasteiger partial charge in [0.1, 0.15) is 18.0 Å². The van der Waals surface area contributed by atoms with Crippen molar-refractivity contribution in [3.8, 4) is 18.1 Å². The molecule has 0 aliphatic heterocycles. The standard InChI is InChI=1S/C15H17NO3/c1-2-10-19-13-7-5-6-12(11-13)16-14(17)15(18)8-3-4-9-15/h1,5-7,11,18H,3-4,8-10H2,(H,16,17). The molecule has 1 aromatic carbocycles. The molecule has 1 aromatic rings. The minimum Gasteiger partial charge on any atom is -0.481 e. The Morgan fingerprint density at radius 1 is 1.47 bits per heavy atom. The highest BCUT2D eigenvalue weighted by Crippen LogP contribution is 2.30. The van der Waals surface area contributed by atoms with Crippen LogP contribution >= 0.6 is 0 Å². The van der Waals surface area contributed by atoms with Crippen LogP contribution in [0.25, 0.3) is 0 Å². The van der Waals surface area contributed by atoms with Crippen LogP contribution < -0.4 is 10.1 Å². The van der Waals surface area contributed by atoms with Crippen molar-refractivity contribution in [3.63, 3.8) is 0 Å². The number of nitrogens with one attached hydrogen (secondary N) is 1. The van der Waals surface area contributed by atoms with Crippen molar-refractivity contribution >= 4 is 11.6 Å². The Balaban J connectivity index is 2.02. The first-order valence-corrected chi connectivity index (χ1v) is 6.34. The van der Waals surface area contributed by atoms with Gasteiger partial charge in [0.15, 0.2) is 0 Å². The molecule has 0 spiro atoms. The fourth-order valence-corrected chi connectivity index (χ4v) is 2.22. The lowest BCUT2D eigenvalue weighted by Gasteiger charge is -2.21. The van der Waals surface area contributed by atoms with Crippen molar-refractivity contribution in [3.05, 3.63) is 24.3 Å². The molecule has 4 nitrogen and oxygen atoms in total. The molecule has 1 saturated carbocycles. The normalized spacial score (nSPS) is 16.6. The summed E-state index contributed by atoms with van der Waals surface area (Å²) < 4.78 is 5.28. The second-order valence-electron chi connectivity index (χ2n) is 4.71. The quantitative estimate of drug-likeness (QED) is 0.812. The number of benzene rings is 1. The number of hydrogen-bond acceptors (Lipinski definition) is 3. The number of ether oxygens (including phenoxy) is 1. The molecule has 0 heterocycles. The highest BCUT2D eigenvalue weighted by Gasteiger charge is 2.38. The molecule has 0 bridgehead atoms. The Morgan fingerprint density at radius 2 is 2.21 bits per heavy atom. The zero-order chi connectivity index (χ0) is 13.7. The van der Waals surface area contributed by atoms with E-state index in [1.54, 1.807) is 24.3 Å². The van der Waals surface area contributed by atoms with E-state index in [-0.39, 0.29) is 12.5 Å². The average molecular weight is 259 g/mol. The third kappa shape index (κ3) is 3.27. The monoisotopic (exact) mass is 259 g/mol. The molecule has 19 heavy (non-hydrogen) atoms. The predicted octanol–water partition coefficient (Wildman–Crippen LogP) is 1.94. The Kier molecular flexibility index (Phi) is 4.08. The van der Waals surface area contributed by atoms with Crippen LogP contribution in [-0.4, -0.2) is 23.2 Å². The lowest BCUT2D eigenvalue weighted by Crippen LogP contribution is -2.40. The molecule has 4 heteroatoms. The molecule has 1 amide bonds. The van der Waals surface area contributed by atoms with E-state index in [4.69, 9.17) is 11.2 Å². The van der Waals surface area contributed by atoms with Crippen LogP contribution in [0, 0.1) is 12.3 Å². The van der Waals surface area contributed by atoms with Gasteiger partial charge in [-0.05, 0) is 37.8 Å². The summed E-state index contributed by atoms with van der Waals surface area (Å²) in [6.45, 7) is 0.182. The maximum atomic E-state index is 12.0. The van der Waals surface area contributed by atoms with Gasteiger partial charge in [-0.1, -0.05) is 12.0 Å². The molecule has 100 valence electrons. The van der Waals surface area contributed by atoms with Gasteiger partial charge in [0.25, 0.3) is 5.91 Å². The van der Waals surface area contributed by atoms with Gasteiger partial charge in [-0.2, -0.15) is 0 Å². The molecule has 0 atom stereocenters. The number of carbonyl (C=O) groups excluding carboxylic acids is 1. The van der Waals surface area contributed by atoms with E-state index in [0.717, 1.165) is 12.8 Å². The second kappa shape index (κ2) is 5.77. The van der Waals surface area contributed by atoms with E-state index in [1.165, 1.54) is 0 Å². The van der Waals surface area contributed by atoms with Crippen molar-refractivity contribution in [1.29, 1.82) is 0 Å². The zero-order valence-corrected chi connectivity index (χ0v) is 10.7. The average Bonchev–Trinajstić information content (AvgIpc) is 2.85. The number of carbonyl (C=O) groups is 1. The summed E-state index contributed by atoms with van der Waals surface area (Å²) in [5.74, 6) is 2.62. The van der Waals surface area contributed by atoms with Crippen LogP contribution in [0.3, 0.4) is 0 Å². The third-order valence-electron chi connectivity index (χ3n) is 3.27. The third-order valence-corrected chi connectivity index (χ3v) is 3.27. The lowest BCUT2D eigenvalue weighted by molar-refractivity contribution is -0.133. The summed E-state index contributed by atoms with van der Waals surface area (Å²) in [6, 6.07) is 6.96. The molecule has 0 aromatic heterocycles. The van der Waals surface area contributed by atoms with Gasteiger partial charge in [0, 0.05) is 11.8 Å². The topological polar surface area (TPSA) is 58.6 Å². The van der Waals surface area contributed by atoms with Gasteiger partial charge in [-0.15, -0.1) is 6.42 Å². The SMILES string of the molecule is C#CCOc1cccc(NC(=O)C2(O)CCCC2)c1. The van der Waals surface area contributed by atoms with E-state index in [9.17, 15) is 9.90 Å². The van der Waals surface area contributed by atoms with Gasteiger partial charge in [-0.3, -0.25) is 4.79 Å². The molecule has 0 saturated heterocycles. The van der Waals surface area contributed by atoms with Gasteiger partial charge >= 0.3 is 0 Å². The highest BCUT2D eigenvalue weighted by molar-refractivity contribution is 5.97. The van der Waals surface area contributed by atoms with Crippen LogP contribution in [0.5, 0.6) is 5.75 Å². The first-order valence-electron chi connectivity index (χ1n) is 6.34. The maximum absolute atomic E-state index is 12.0. The van der Waals surface area contributed by atoms with Crippen molar-refractivity contribution in [2.24, 2.45) is 0 Å². The van der Waals surface area contributed by atoms with Gasteiger partial charge < -0.3 is 15.2 Å². The fourth-order valence-electron chi connectivity index (χ4n) is 2.22. The highest BCUT2D eigenvalue weighted by atomic mass is 16.5. The molecule has 2 N–H and O–H groups in total. The number of hydrogen-bond donors (Lipinski definition) is 2. The van der Waals surface area contributed by atoms with Crippen LogP contribution in [0.1, 0.15) is 25.7 Å². The summed E-state index contributed by atoms with van der Waals surface area (Å²) >= 11 is 0. The zero-order valence-electron chi connectivity index (χ0n) is 10.7. The Morgan fingerprint density at radius 3 is 2.89 bits per heavy atom. The smallest absolute Gasteiger partial charge is 0.256 e. The van der Waals surface area contributed by atoms with Gasteiger partial charge in [-0.25, -0.2) is 0 Å². The van der Waals surface area contributed by atoms with E-state index in [1.807, 2.05) is 0 Å². The summed E-state index contributed by atoms with van der Waals surface area (Å²) in [5.41, 5.74) is -0.629. The van der Waals surface area contributed by atoms with E-state index < -0.39 is 5.60 Å². The molecular weight excluding hydrogens is 242 g/mol. The number of anilines is 1. The van der Waals surface area contributed by atoms with Gasteiger partial charge in [0.05, 0.1) is 0 Å². The Hall–Kier alpha value is -1.99. The van der Waals surface area contributed by atoms with E-state index >= 15 is 0 Å². The number of rotatable bonds is 4. The van der Waals surface area contributed by atoms with Crippen LogP contribution in [-0.2, 0) is 4.79 Å². The molecule has 2 rings (SSSR count).